The number of alkyl carbamates (subject to hydrolysis) is 1. The Morgan fingerprint density at radius 2 is 1.16 bits per heavy atom. The predicted molar refractivity (Wildman–Crippen MR) is 391 cm³/mol. The molecule has 4 aromatic rings. The number of nitrogens with zero attached hydrogens (tertiary/aromatic N) is 5. The van der Waals surface area contributed by atoms with Gasteiger partial charge in [0.25, 0.3) is 0 Å². The molecule has 0 spiro atoms. The zero-order valence-corrected chi connectivity index (χ0v) is 62.0. The molecule has 10 atom stereocenters. The summed E-state index contributed by atoms with van der Waals surface area (Å²) in [6.45, 7) is 15.1. The number of carbonyl (C=O) groups is 11. The molecule has 0 saturated carbocycles. The molecule has 1 aliphatic rings. The summed E-state index contributed by atoms with van der Waals surface area (Å²) in [7, 11) is 10.1. The number of benzene rings is 4. The number of hydrogen-bond acceptors (Lipinski definition) is 17. The summed E-state index contributed by atoms with van der Waals surface area (Å²) < 4.78 is 10.8. The molecule has 0 bridgehead atoms. The number of Topliss-reactive ketones (excluding diaryl/α,β-unsaturated/α-hetero) is 1. The second-order valence-electron chi connectivity index (χ2n) is 27.1. The van der Waals surface area contributed by atoms with Crippen molar-refractivity contribution >= 4 is 86.7 Å². The third kappa shape index (κ3) is 27.4. The van der Waals surface area contributed by atoms with E-state index in [0.29, 0.717) is 22.3 Å². The van der Waals surface area contributed by atoms with E-state index in [1.54, 1.807) is 121 Å². The topological polar surface area (TPSA) is 303 Å². The van der Waals surface area contributed by atoms with Gasteiger partial charge in [-0.3, -0.25) is 48.1 Å². The number of amides is 9. The predicted octanol–water partition coefficient (Wildman–Crippen LogP) is 5.94. The SMILES string of the molecule is C=CCOC(=O)N[C@@H](CSSC(C)(C)C)C(=O)NCCCC[C@@H]1NC(=O)[C@H](Cc2ccccc2)N(C)C(O)COC(=O)C(Cc2ccccc2)NC(=O)[C@H](C)N(C)C(=O)[C@H](C)CC(=O)[C@H](Cc2ccccc2)N(C)C(=O)CN(C)C(=O)[C@H](Cc2ccccc2)NC(=O)[C@H](CC(C)C)N(C)C1=O. The lowest BCUT2D eigenvalue weighted by Crippen LogP contribution is -2.60. The van der Waals surface area contributed by atoms with E-state index in [2.05, 4.69) is 33.2 Å². The Kier molecular flexibility index (Phi) is 34.0. The minimum atomic E-state index is -1.68. The van der Waals surface area contributed by atoms with Gasteiger partial charge in [0.05, 0.1) is 18.6 Å². The Labute approximate surface area is 603 Å². The Balaban J connectivity index is 1.59. The highest BCUT2D eigenvalue weighted by molar-refractivity contribution is 8.77. The van der Waals surface area contributed by atoms with Gasteiger partial charge in [0.2, 0.25) is 47.3 Å². The van der Waals surface area contributed by atoms with E-state index in [-0.39, 0.29) is 87.4 Å². The van der Waals surface area contributed by atoms with Gasteiger partial charge >= 0.3 is 12.1 Å². The third-order valence-electron chi connectivity index (χ3n) is 17.3. The Morgan fingerprint density at radius 3 is 1.69 bits per heavy atom. The second kappa shape index (κ2) is 41.4. The Hall–Kier alpha value is -8.59. The van der Waals surface area contributed by atoms with Crippen molar-refractivity contribution < 1.29 is 67.3 Å². The molecule has 1 saturated heterocycles. The Morgan fingerprint density at radius 1 is 0.653 bits per heavy atom. The number of hydrogen-bond donors (Lipinski definition) is 6. The highest BCUT2D eigenvalue weighted by atomic mass is 33.1. The van der Waals surface area contributed by atoms with Crippen molar-refractivity contribution in [1.29, 1.82) is 0 Å². The molecule has 24 nitrogen and oxygen atoms in total. The van der Waals surface area contributed by atoms with Gasteiger partial charge < -0.3 is 60.8 Å². The second-order valence-corrected chi connectivity index (χ2v) is 30.3. The molecule has 1 fully saturated rings. The number of aliphatic hydroxyl groups is 1. The molecule has 5 rings (SSSR count). The maximum absolute atomic E-state index is 15.5. The van der Waals surface area contributed by atoms with Crippen LogP contribution < -0.4 is 26.6 Å². The van der Waals surface area contributed by atoms with E-state index < -0.39 is 139 Å². The minimum absolute atomic E-state index is 0.0384. The molecule has 2 unspecified atom stereocenters. The normalized spacial score (nSPS) is 22.6. The fraction of sp³-hybridized carbons (Fsp3) is 0.507. The van der Waals surface area contributed by atoms with Crippen molar-refractivity contribution in [1.82, 2.24) is 51.1 Å². The quantitative estimate of drug-likeness (QED) is 0.0230. The van der Waals surface area contributed by atoms with Gasteiger partial charge in [0.1, 0.15) is 55.7 Å². The van der Waals surface area contributed by atoms with E-state index >= 15 is 14.4 Å². The van der Waals surface area contributed by atoms with E-state index in [1.807, 2.05) is 34.6 Å². The van der Waals surface area contributed by atoms with Crippen LogP contribution in [0.3, 0.4) is 0 Å². The molecule has 26 heteroatoms. The van der Waals surface area contributed by atoms with Gasteiger partial charge in [0.15, 0.2) is 5.78 Å². The minimum Gasteiger partial charge on any atom is -0.460 e. The van der Waals surface area contributed by atoms with Crippen LogP contribution in [0.25, 0.3) is 0 Å². The highest BCUT2D eigenvalue weighted by Gasteiger charge is 2.40. The molecule has 101 heavy (non-hydrogen) atoms. The van der Waals surface area contributed by atoms with Gasteiger partial charge in [-0.2, -0.15) is 0 Å². The number of aliphatic hydroxyl groups excluding tert-OH is 1. The van der Waals surface area contributed by atoms with Crippen molar-refractivity contribution in [3.05, 3.63) is 156 Å². The maximum atomic E-state index is 15.5. The maximum Gasteiger partial charge on any atom is 0.408 e. The zero-order chi connectivity index (χ0) is 74.5. The number of likely N-dealkylation sites (N-methyl/N-ethyl adjacent to an activating group) is 5. The van der Waals surface area contributed by atoms with E-state index in [9.17, 15) is 43.5 Å². The number of carbonyl (C=O) groups excluding carboxylic acids is 11. The van der Waals surface area contributed by atoms with Gasteiger partial charge in [-0.15, -0.1) is 0 Å². The van der Waals surface area contributed by atoms with Crippen LogP contribution in [-0.2, 0) is 83.1 Å². The number of cyclic esters (lactones) is 1. The molecule has 1 aliphatic heterocycles. The molecular weight excluding hydrogens is 1330 g/mol. The fourth-order valence-electron chi connectivity index (χ4n) is 11.3. The van der Waals surface area contributed by atoms with Crippen molar-refractivity contribution in [2.75, 3.05) is 67.3 Å². The van der Waals surface area contributed by atoms with Gasteiger partial charge in [-0.05, 0) is 80.7 Å². The standard InChI is InChI=1S/C75H104N10O14S2/c1-14-39-98-74(97)80-59(48-100-101-75(6,7)8)67(90)76-38-28-27-37-56-72(95)85(13)61(40-49(2)3)68(91)78-57(42-52-29-19-15-20-30-52)71(94)81(9)46-64(87)83(11)60(44-54-33-23-17-24-34-54)63(86)41-50(4)70(93)82(10)51(5)66(89)79-58(43-53-31-21-16-22-32-53)73(96)99-47-65(88)84(12)62(69(92)77-56)45-55-35-25-18-26-36-55/h14-26,29-36,49-51,56-62,65,88H,1,27-28,37-48H2,2-13H3,(H,76,90)(H,77,92)(H,78,91)(H,79,89)(H,80,97)/t50-,51+,56+,57+,58?,59+,60+,61+,62+,65?/m1/s1. The summed E-state index contributed by atoms with van der Waals surface area (Å²) >= 11 is 0. The molecule has 0 radical (unpaired) electrons. The van der Waals surface area contributed by atoms with Crippen LogP contribution in [0.15, 0.2) is 134 Å². The van der Waals surface area contributed by atoms with Crippen LogP contribution in [0.5, 0.6) is 0 Å². The van der Waals surface area contributed by atoms with Crippen LogP contribution >= 0.6 is 21.6 Å². The van der Waals surface area contributed by atoms with Crippen LogP contribution in [-0.4, -0.2) is 221 Å². The largest absolute Gasteiger partial charge is 0.460 e. The number of ether oxygens (including phenoxy) is 2. The molecule has 6 N–H and O–H groups in total. The first-order chi connectivity index (χ1) is 47.9. The van der Waals surface area contributed by atoms with Crippen molar-refractivity contribution in [2.24, 2.45) is 11.8 Å². The summed E-state index contributed by atoms with van der Waals surface area (Å²) in [4.78, 5) is 166. The van der Waals surface area contributed by atoms with Gasteiger partial charge in [0, 0.05) is 70.4 Å². The molecular formula is C75H104N10O14S2. The molecule has 0 aliphatic carbocycles. The smallest absolute Gasteiger partial charge is 0.408 e. The lowest BCUT2D eigenvalue weighted by Gasteiger charge is -2.35. The first-order valence-corrected chi connectivity index (χ1v) is 36.5. The average Bonchev–Trinajstić information content (AvgIpc) is 0.836. The summed E-state index contributed by atoms with van der Waals surface area (Å²) in [5, 5.41) is 26.1. The first-order valence-electron chi connectivity index (χ1n) is 34.2. The van der Waals surface area contributed by atoms with Gasteiger partial charge in [-0.25, -0.2) is 9.59 Å². The van der Waals surface area contributed by atoms with Crippen LogP contribution in [0.4, 0.5) is 4.79 Å². The summed E-state index contributed by atoms with van der Waals surface area (Å²) in [6, 6.07) is 25.6. The molecule has 550 valence electrons. The highest BCUT2D eigenvalue weighted by Crippen LogP contribution is 2.35. The lowest BCUT2D eigenvalue weighted by molar-refractivity contribution is -0.157. The van der Waals surface area contributed by atoms with E-state index in [1.165, 1.54) is 96.3 Å². The number of ketones is 1. The van der Waals surface area contributed by atoms with Crippen LogP contribution in [0.1, 0.15) is 103 Å². The number of rotatable bonds is 22. The fourth-order valence-corrected chi connectivity index (χ4v) is 13.7. The summed E-state index contributed by atoms with van der Waals surface area (Å²) in [5.74, 6) is -7.75. The molecule has 4 aromatic carbocycles. The molecule has 9 amide bonds. The van der Waals surface area contributed by atoms with E-state index in [0.717, 1.165) is 4.90 Å². The van der Waals surface area contributed by atoms with Gasteiger partial charge in [-0.1, -0.05) is 197 Å². The van der Waals surface area contributed by atoms with Crippen molar-refractivity contribution in [3.8, 4) is 0 Å². The lowest BCUT2D eigenvalue weighted by atomic mass is 9.93. The van der Waals surface area contributed by atoms with Crippen LogP contribution in [0.2, 0.25) is 0 Å². The Bertz CT molecular complexity index is 3390. The molecule has 1 heterocycles. The number of unbranched alkanes of at least 4 members (excludes halogenated alkanes) is 1. The summed E-state index contributed by atoms with van der Waals surface area (Å²) in [6.07, 6.45) is -1.06. The van der Waals surface area contributed by atoms with Crippen molar-refractivity contribution in [3.63, 3.8) is 0 Å². The number of nitrogens with one attached hydrogen (secondary N) is 5. The first kappa shape index (κ1) is 83.1. The van der Waals surface area contributed by atoms with E-state index in [4.69, 9.17) is 9.47 Å². The monoisotopic (exact) mass is 1430 g/mol. The number of esters is 1. The average molecular weight is 1430 g/mol. The zero-order valence-electron chi connectivity index (χ0n) is 60.4. The van der Waals surface area contributed by atoms with Crippen molar-refractivity contribution in [2.45, 2.75) is 166 Å². The molecule has 0 aromatic heterocycles. The third-order valence-corrected chi connectivity index (χ3v) is 20.7. The summed E-state index contributed by atoms with van der Waals surface area (Å²) in [5.41, 5.74) is 2.65. The van der Waals surface area contributed by atoms with Crippen LogP contribution in [0, 0.1) is 11.8 Å².